The van der Waals surface area contributed by atoms with Gasteiger partial charge in [0.1, 0.15) is 0 Å². The number of hydrogen-bond donors (Lipinski definition) is 1. The van der Waals surface area contributed by atoms with Crippen molar-refractivity contribution in [3.05, 3.63) is 39.8 Å². The first kappa shape index (κ1) is 10.4. The molecular formula is C11H15N3S. The summed E-state index contributed by atoms with van der Waals surface area (Å²) in [4.78, 5) is 0. The summed E-state index contributed by atoms with van der Waals surface area (Å²) in [5, 5.41) is 8.59. The molecule has 2 N–H and O–H groups in total. The third-order valence-corrected chi connectivity index (χ3v) is 3.37. The van der Waals surface area contributed by atoms with Gasteiger partial charge in [0.15, 0.2) is 0 Å². The molecule has 80 valence electrons. The van der Waals surface area contributed by atoms with Crippen LogP contribution in [0.2, 0.25) is 0 Å². The molecule has 0 spiro atoms. The predicted octanol–water partition coefficient (Wildman–Crippen LogP) is 2.03. The number of rotatable bonds is 3. The molecule has 0 amide bonds. The second-order valence-electron chi connectivity index (χ2n) is 3.80. The summed E-state index contributed by atoms with van der Waals surface area (Å²) in [5.41, 5.74) is 9.71. The van der Waals surface area contributed by atoms with E-state index in [1.807, 2.05) is 24.0 Å². The summed E-state index contributed by atoms with van der Waals surface area (Å²) < 4.78 is 1.81. The Bertz CT molecular complexity index is 444. The van der Waals surface area contributed by atoms with Crippen molar-refractivity contribution in [3.8, 4) is 0 Å². The van der Waals surface area contributed by atoms with Crippen LogP contribution in [0.4, 0.5) is 0 Å². The summed E-state index contributed by atoms with van der Waals surface area (Å²) in [5.74, 6) is 0. The van der Waals surface area contributed by atoms with Crippen LogP contribution in [0.5, 0.6) is 0 Å². The SMILES string of the molecule is Cc1cscc1C(N)Cc1ccn(C)n1. The highest BCUT2D eigenvalue weighted by Gasteiger charge is 2.11. The van der Waals surface area contributed by atoms with Crippen LogP contribution < -0.4 is 5.73 Å². The van der Waals surface area contributed by atoms with Gasteiger partial charge in [-0.05, 0) is 34.9 Å². The van der Waals surface area contributed by atoms with E-state index >= 15 is 0 Å². The molecule has 4 heteroatoms. The molecule has 0 saturated heterocycles. The molecular weight excluding hydrogens is 206 g/mol. The maximum Gasteiger partial charge on any atom is 0.0643 e. The minimum absolute atomic E-state index is 0.0612. The number of aromatic nitrogens is 2. The summed E-state index contributed by atoms with van der Waals surface area (Å²) in [7, 11) is 1.92. The molecule has 0 aliphatic rings. The molecule has 1 atom stereocenters. The highest BCUT2D eigenvalue weighted by atomic mass is 32.1. The molecule has 0 aliphatic carbocycles. The second-order valence-corrected chi connectivity index (χ2v) is 4.55. The van der Waals surface area contributed by atoms with Crippen LogP contribution in [0.25, 0.3) is 0 Å². The Morgan fingerprint density at radius 2 is 2.33 bits per heavy atom. The normalized spacial score (nSPS) is 13.0. The van der Waals surface area contributed by atoms with Gasteiger partial charge in [0.25, 0.3) is 0 Å². The average molecular weight is 221 g/mol. The summed E-state index contributed by atoms with van der Waals surface area (Å²) in [6.07, 6.45) is 2.75. The Balaban J connectivity index is 2.10. The van der Waals surface area contributed by atoms with Crippen molar-refractivity contribution in [2.75, 3.05) is 0 Å². The summed E-state index contributed by atoms with van der Waals surface area (Å²) in [6, 6.07) is 2.08. The largest absolute Gasteiger partial charge is 0.324 e. The molecule has 0 aliphatic heterocycles. The first-order valence-electron chi connectivity index (χ1n) is 4.93. The number of aryl methyl sites for hydroxylation is 2. The first-order chi connectivity index (χ1) is 7.16. The van der Waals surface area contributed by atoms with Crippen molar-refractivity contribution in [2.24, 2.45) is 12.8 Å². The van der Waals surface area contributed by atoms with Crippen LogP contribution >= 0.6 is 11.3 Å². The molecule has 2 aromatic rings. The van der Waals surface area contributed by atoms with E-state index in [4.69, 9.17) is 5.73 Å². The second kappa shape index (κ2) is 4.16. The number of nitrogens with zero attached hydrogens (tertiary/aromatic N) is 2. The molecule has 0 aromatic carbocycles. The molecule has 15 heavy (non-hydrogen) atoms. The Morgan fingerprint density at radius 1 is 1.53 bits per heavy atom. The predicted molar refractivity (Wildman–Crippen MR) is 62.9 cm³/mol. The zero-order valence-electron chi connectivity index (χ0n) is 8.97. The number of thiophene rings is 1. The zero-order valence-corrected chi connectivity index (χ0v) is 9.79. The Hall–Kier alpha value is -1.13. The third-order valence-electron chi connectivity index (χ3n) is 2.49. The van der Waals surface area contributed by atoms with Crippen LogP contribution in [0.1, 0.15) is 22.9 Å². The number of hydrogen-bond acceptors (Lipinski definition) is 3. The van der Waals surface area contributed by atoms with Gasteiger partial charge >= 0.3 is 0 Å². The van der Waals surface area contributed by atoms with Crippen LogP contribution in [0.15, 0.2) is 23.0 Å². The zero-order chi connectivity index (χ0) is 10.8. The molecule has 1 unspecified atom stereocenters. The van der Waals surface area contributed by atoms with Crippen molar-refractivity contribution < 1.29 is 0 Å². The molecule has 2 rings (SSSR count). The van der Waals surface area contributed by atoms with Gasteiger partial charge in [-0.2, -0.15) is 16.4 Å². The molecule has 0 radical (unpaired) electrons. The smallest absolute Gasteiger partial charge is 0.0643 e. The maximum absolute atomic E-state index is 6.14. The summed E-state index contributed by atoms with van der Waals surface area (Å²) in [6.45, 7) is 2.10. The topological polar surface area (TPSA) is 43.8 Å². The molecule has 3 nitrogen and oxygen atoms in total. The molecule has 2 aromatic heterocycles. The van der Waals surface area contributed by atoms with Crippen LogP contribution in [0.3, 0.4) is 0 Å². The highest BCUT2D eigenvalue weighted by molar-refractivity contribution is 7.08. The minimum atomic E-state index is 0.0612. The van der Waals surface area contributed by atoms with Gasteiger partial charge in [0.05, 0.1) is 5.69 Å². The lowest BCUT2D eigenvalue weighted by Gasteiger charge is -2.09. The standard InChI is InChI=1S/C11H15N3S/c1-8-6-15-7-10(8)11(12)5-9-3-4-14(2)13-9/h3-4,6-7,11H,5,12H2,1-2H3. The van der Waals surface area contributed by atoms with Gasteiger partial charge in [-0.1, -0.05) is 0 Å². The Morgan fingerprint density at radius 3 is 2.87 bits per heavy atom. The van der Waals surface area contributed by atoms with Gasteiger partial charge in [0, 0.05) is 25.7 Å². The van der Waals surface area contributed by atoms with E-state index in [-0.39, 0.29) is 6.04 Å². The Kier molecular flexibility index (Phi) is 2.88. The van der Waals surface area contributed by atoms with E-state index in [0.29, 0.717) is 0 Å². The summed E-state index contributed by atoms with van der Waals surface area (Å²) >= 11 is 1.70. The lowest BCUT2D eigenvalue weighted by Crippen LogP contribution is -2.14. The van der Waals surface area contributed by atoms with Crippen LogP contribution in [0, 0.1) is 6.92 Å². The fourth-order valence-corrected chi connectivity index (χ4v) is 2.57. The Labute approximate surface area is 93.5 Å². The van der Waals surface area contributed by atoms with Crippen LogP contribution in [-0.4, -0.2) is 9.78 Å². The molecule has 0 bridgehead atoms. The van der Waals surface area contributed by atoms with E-state index in [0.717, 1.165) is 12.1 Å². The average Bonchev–Trinajstić information content (AvgIpc) is 2.75. The monoisotopic (exact) mass is 221 g/mol. The lowest BCUT2D eigenvalue weighted by atomic mass is 10.0. The van der Waals surface area contributed by atoms with Crippen molar-refractivity contribution >= 4 is 11.3 Å². The van der Waals surface area contributed by atoms with Gasteiger partial charge in [-0.15, -0.1) is 0 Å². The minimum Gasteiger partial charge on any atom is -0.324 e. The van der Waals surface area contributed by atoms with Gasteiger partial charge in [0.2, 0.25) is 0 Å². The van der Waals surface area contributed by atoms with E-state index < -0.39 is 0 Å². The van der Waals surface area contributed by atoms with Gasteiger partial charge < -0.3 is 5.73 Å². The van der Waals surface area contributed by atoms with Crippen molar-refractivity contribution in [1.29, 1.82) is 0 Å². The molecule has 0 saturated carbocycles. The highest BCUT2D eigenvalue weighted by Crippen LogP contribution is 2.22. The van der Waals surface area contributed by atoms with E-state index in [9.17, 15) is 0 Å². The van der Waals surface area contributed by atoms with Crippen molar-refractivity contribution in [2.45, 2.75) is 19.4 Å². The lowest BCUT2D eigenvalue weighted by molar-refractivity contribution is 0.674. The van der Waals surface area contributed by atoms with E-state index in [1.54, 1.807) is 11.3 Å². The van der Waals surface area contributed by atoms with Crippen molar-refractivity contribution in [1.82, 2.24) is 9.78 Å². The number of nitrogens with two attached hydrogens (primary N) is 1. The van der Waals surface area contributed by atoms with Gasteiger partial charge in [-0.25, -0.2) is 0 Å². The maximum atomic E-state index is 6.14. The van der Waals surface area contributed by atoms with E-state index in [2.05, 4.69) is 22.8 Å². The van der Waals surface area contributed by atoms with Crippen molar-refractivity contribution in [3.63, 3.8) is 0 Å². The quantitative estimate of drug-likeness (QED) is 0.862. The fraction of sp³-hybridized carbons (Fsp3) is 0.364. The molecule has 0 fully saturated rings. The first-order valence-corrected chi connectivity index (χ1v) is 5.88. The third kappa shape index (κ3) is 2.27. The fourth-order valence-electron chi connectivity index (χ4n) is 1.66. The van der Waals surface area contributed by atoms with Gasteiger partial charge in [-0.3, -0.25) is 4.68 Å². The molecule has 2 heterocycles. The van der Waals surface area contributed by atoms with E-state index in [1.165, 1.54) is 11.1 Å². The van der Waals surface area contributed by atoms with Crippen LogP contribution in [-0.2, 0) is 13.5 Å².